The highest BCUT2D eigenvalue weighted by molar-refractivity contribution is 5.94. The molecule has 0 saturated heterocycles. The van der Waals surface area contributed by atoms with Crippen LogP contribution in [0.15, 0.2) is 24.5 Å². The minimum atomic E-state index is 0.0101. The van der Waals surface area contributed by atoms with Gasteiger partial charge in [-0.1, -0.05) is 0 Å². The number of pyridine rings is 1. The molecule has 0 aliphatic heterocycles. The molecule has 0 aliphatic carbocycles. The fourth-order valence-corrected chi connectivity index (χ4v) is 1.63. The molecule has 0 saturated carbocycles. The normalized spacial score (nSPS) is 10.4. The molecule has 0 fully saturated rings. The maximum Gasteiger partial charge on any atom is 0.161 e. The SMILES string of the molecule is CC(=O)c1cncc(-n2nc(C)cc2C)c1. The first-order chi connectivity index (χ1) is 7.58. The number of ketones is 1. The van der Waals surface area contributed by atoms with E-state index in [1.807, 2.05) is 19.9 Å². The fourth-order valence-electron chi connectivity index (χ4n) is 1.63. The average Bonchev–Trinajstić information content (AvgIpc) is 2.58. The predicted molar refractivity (Wildman–Crippen MR) is 60.8 cm³/mol. The van der Waals surface area contributed by atoms with Crippen molar-refractivity contribution in [2.75, 3.05) is 0 Å². The minimum absolute atomic E-state index is 0.0101. The van der Waals surface area contributed by atoms with Gasteiger partial charge in [0.15, 0.2) is 5.78 Å². The Morgan fingerprint density at radius 3 is 2.56 bits per heavy atom. The fraction of sp³-hybridized carbons (Fsp3) is 0.250. The molecule has 0 aromatic carbocycles. The van der Waals surface area contributed by atoms with Gasteiger partial charge in [-0.15, -0.1) is 0 Å². The maximum absolute atomic E-state index is 11.2. The van der Waals surface area contributed by atoms with Crippen LogP contribution in [0.2, 0.25) is 0 Å². The lowest BCUT2D eigenvalue weighted by atomic mass is 10.2. The Hall–Kier alpha value is -1.97. The Bertz CT molecular complexity index is 543. The van der Waals surface area contributed by atoms with E-state index in [0.717, 1.165) is 17.1 Å². The Balaban J connectivity index is 2.52. The molecule has 82 valence electrons. The topological polar surface area (TPSA) is 47.8 Å². The summed E-state index contributed by atoms with van der Waals surface area (Å²) in [5, 5.41) is 4.35. The zero-order valence-electron chi connectivity index (χ0n) is 9.56. The van der Waals surface area contributed by atoms with Crippen molar-refractivity contribution in [3.63, 3.8) is 0 Å². The molecule has 16 heavy (non-hydrogen) atoms. The van der Waals surface area contributed by atoms with Crippen LogP contribution in [0.1, 0.15) is 28.7 Å². The first kappa shape index (κ1) is 10.5. The molecule has 2 heterocycles. The van der Waals surface area contributed by atoms with E-state index >= 15 is 0 Å². The smallest absolute Gasteiger partial charge is 0.161 e. The molecule has 2 aromatic heterocycles. The third-order valence-corrected chi connectivity index (χ3v) is 2.38. The van der Waals surface area contributed by atoms with Crippen molar-refractivity contribution >= 4 is 5.78 Å². The van der Waals surface area contributed by atoms with Crippen LogP contribution in [0.3, 0.4) is 0 Å². The highest BCUT2D eigenvalue weighted by atomic mass is 16.1. The first-order valence-electron chi connectivity index (χ1n) is 5.07. The van der Waals surface area contributed by atoms with Gasteiger partial charge < -0.3 is 0 Å². The number of carbonyl (C=O) groups is 1. The number of aromatic nitrogens is 3. The summed E-state index contributed by atoms with van der Waals surface area (Å²) >= 11 is 0. The molecule has 0 aliphatic rings. The molecule has 0 N–H and O–H groups in total. The van der Waals surface area contributed by atoms with Gasteiger partial charge in [0.25, 0.3) is 0 Å². The molecule has 0 amide bonds. The van der Waals surface area contributed by atoms with Crippen molar-refractivity contribution in [2.45, 2.75) is 20.8 Å². The Morgan fingerprint density at radius 1 is 1.25 bits per heavy atom. The molecule has 0 bridgehead atoms. The molecule has 0 atom stereocenters. The van der Waals surface area contributed by atoms with E-state index in [4.69, 9.17) is 0 Å². The van der Waals surface area contributed by atoms with E-state index in [0.29, 0.717) is 5.56 Å². The van der Waals surface area contributed by atoms with Gasteiger partial charge in [-0.3, -0.25) is 9.78 Å². The molecular formula is C12H13N3O. The monoisotopic (exact) mass is 215 g/mol. The molecule has 0 spiro atoms. The predicted octanol–water partition coefficient (Wildman–Crippen LogP) is 2.09. The van der Waals surface area contributed by atoms with Crippen LogP contribution in [0.25, 0.3) is 5.69 Å². The standard InChI is InChI=1S/C12H13N3O/c1-8-4-9(2)15(14-8)12-5-11(10(3)16)6-13-7-12/h4-7H,1-3H3. The van der Waals surface area contributed by atoms with Gasteiger partial charge in [0.05, 0.1) is 17.6 Å². The summed E-state index contributed by atoms with van der Waals surface area (Å²) in [6, 6.07) is 3.79. The van der Waals surface area contributed by atoms with E-state index in [2.05, 4.69) is 10.1 Å². The van der Waals surface area contributed by atoms with Crippen molar-refractivity contribution < 1.29 is 4.79 Å². The van der Waals surface area contributed by atoms with Crippen LogP contribution >= 0.6 is 0 Å². The van der Waals surface area contributed by atoms with Crippen molar-refractivity contribution in [1.29, 1.82) is 0 Å². The number of rotatable bonds is 2. The summed E-state index contributed by atoms with van der Waals surface area (Å²) in [7, 11) is 0. The summed E-state index contributed by atoms with van der Waals surface area (Å²) in [5.41, 5.74) is 3.40. The van der Waals surface area contributed by atoms with Gasteiger partial charge in [0.2, 0.25) is 0 Å². The van der Waals surface area contributed by atoms with E-state index < -0.39 is 0 Å². The number of Topliss-reactive ketones (excluding diaryl/α,β-unsaturated/α-hetero) is 1. The first-order valence-corrected chi connectivity index (χ1v) is 5.07. The number of carbonyl (C=O) groups excluding carboxylic acids is 1. The average molecular weight is 215 g/mol. The van der Waals surface area contributed by atoms with Crippen molar-refractivity contribution in [3.05, 3.63) is 41.5 Å². The van der Waals surface area contributed by atoms with E-state index in [9.17, 15) is 4.79 Å². The summed E-state index contributed by atoms with van der Waals surface area (Å²) in [5.74, 6) is 0.0101. The zero-order chi connectivity index (χ0) is 11.7. The van der Waals surface area contributed by atoms with E-state index in [-0.39, 0.29) is 5.78 Å². The van der Waals surface area contributed by atoms with Crippen LogP contribution in [0.5, 0.6) is 0 Å². The Morgan fingerprint density at radius 2 is 2.00 bits per heavy atom. The molecule has 0 radical (unpaired) electrons. The number of nitrogens with zero attached hydrogens (tertiary/aromatic N) is 3. The summed E-state index contributed by atoms with van der Waals surface area (Å²) in [4.78, 5) is 15.3. The number of hydrogen-bond acceptors (Lipinski definition) is 3. The highest BCUT2D eigenvalue weighted by Crippen LogP contribution is 2.12. The van der Waals surface area contributed by atoms with Crippen molar-refractivity contribution in [3.8, 4) is 5.69 Å². The molecule has 0 unspecified atom stereocenters. The molecule has 2 aromatic rings. The van der Waals surface area contributed by atoms with Gasteiger partial charge in [-0.25, -0.2) is 4.68 Å². The van der Waals surface area contributed by atoms with E-state index in [1.165, 1.54) is 6.92 Å². The highest BCUT2D eigenvalue weighted by Gasteiger charge is 2.06. The second-order valence-electron chi connectivity index (χ2n) is 3.83. The van der Waals surface area contributed by atoms with E-state index in [1.54, 1.807) is 23.1 Å². The Kier molecular flexibility index (Phi) is 2.56. The van der Waals surface area contributed by atoms with Crippen LogP contribution in [0.4, 0.5) is 0 Å². The quantitative estimate of drug-likeness (QED) is 0.721. The second-order valence-corrected chi connectivity index (χ2v) is 3.83. The molecular weight excluding hydrogens is 202 g/mol. The second kappa shape index (κ2) is 3.89. The van der Waals surface area contributed by atoms with Crippen LogP contribution in [-0.4, -0.2) is 20.5 Å². The van der Waals surface area contributed by atoms with Gasteiger partial charge in [-0.05, 0) is 32.9 Å². The largest absolute Gasteiger partial charge is 0.294 e. The summed E-state index contributed by atoms with van der Waals surface area (Å²) in [6.45, 7) is 5.44. The molecule has 2 rings (SSSR count). The summed E-state index contributed by atoms with van der Waals surface area (Å²) in [6.07, 6.45) is 3.27. The van der Waals surface area contributed by atoms with Crippen LogP contribution < -0.4 is 0 Å². The van der Waals surface area contributed by atoms with Gasteiger partial charge in [0.1, 0.15) is 0 Å². The lowest BCUT2D eigenvalue weighted by Gasteiger charge is -2.04. The third-order valence-electron chi connectivity index (χ3n) is 2.38. The van der Waals surface area contributed by atoms with Gasteiger partial charge in [-0.2, -0.15) is 5.10 Å². The van der Waals surface area contributed by atoms with Crippen molar-refractivity contribution in [2.24, 2.45) is 0 Å². The number of hydrogen-bond donors (Lipinski definition) is 0. The van der Waals surface area contributed by atoms with Gasteiger partial charge in [0, 0.05) is 17.5 Å². The van der Waals surface area contributed by atoms with Crippen molar-refractivity contribution in [1.82, 2.24) is 14.8 Å². The molecule has 4 heteroatoms. The zero-order valence-corrected chi connectivity index (χ0v) is 9.56. The Labute approximate surface area is 93.9 Å². The third kappa shape index (κ3) is 1.86. The minimum Gasteiger partial charge on any atom is -0.294 e. The van der Waals surface area contributed by atoms with Gasteiger partial charge >= 0.3 is 0 Å². The maximum atomic E-state index is 11.2. The molecule has 4 nitrogen and oxygen atoms in total. The van der Waals surface area contributed by atoms with Crippen LogP contribution in [-0.2, 0) is 0 Å². The van der Waals surface area contributed by atoms with Crippen LogP contribution in [0, 0.1) is 13.8 Å². The summed E-state index contributed by atoms with van der Waals surface area (Å²) < 4.78 is 1.79. The lowest BCUT2D eigenvalue weighted by Crippen LogP contribution is -2.02. The number of aryl methyl sites for hydroxylation is 2. The lowest BCUT2D eigenvalue weighted by molar-refractivity contribution is 0.101.